The van der Waals surface area contributed by atoms with Gasteiger partial charge in [-0.05, 0) is 32.1 Å². The van der Waals surface area contributed by atoms with Crippen LogP contribution in [0.3, 0.4) is 0 Å². The Hall–Kier alpha value is -2.07. The van der Waals surface area contributed by atoms with Crippen molar-refractivity contribution in [2.75, 3.05) is 13.2 Å². The second-order valence-electron chi connectivity index (χ2n) is 13.3. The molecule has 0 saturated heterocycles. The maximum atomic E-state index is 12.4. The van der Waals surface area contributed by atoms with E-state index >= 15 is 0 Å². The monoisotopic (exact) mass is 742 g/mol. The lowest BCUT2D eigenvalue weighted by Crippen LogP contribution is -2.29. The Labute approximate surface area is 309 Å². The van der Waals surface area contributed by atoms with Crippen molar-refractivity contribution in [3.8, 4) is 0 Å². The zero-order valence-corrected chi connectivity index (χ0v) is 32.6. The van der Waals surface area contributed by atoms with Gasteiger partial charge in [0.15, 0.2) is 6.10 Å². The number of hydrogen-bond donors (Lipinski definition) is 4. The van der Waals surface area contributed by atoms with Gasteiger partial charge in [0.2, 0.25) is 0 Å². The molecule has 0 aliphatic carbocycles. The number of carbonyl (C=O) groups is 2. The Morgan fingerprint density at radius 1 is 0.588 bits per heavy atom. The van der Waals surface area contributed by atoms with Gasteiger partial charge in [0.25, 0.3) is 0 Å². The highest BCUT2D eigenvalue weighted by Gasteiger charge is 2.23. The fraction of sp³-hybridized carbons (Fsp3) is 0.750. The average Bonchev–Trinajstić information content (AvgIpc) is 3.08. The molecule has 0 heterocycles. The molecule has 11 heteroatoms. The standard InChI is InChI=1S/C40H71O10P/c1-3-5-7-8-9-10-11-12-13-14-15-19-22-26-32-40(44)50-38(35-49-51(45,46)47)34-48-39(43)33-27-31-37(42)30-25-21-18-16-17-20-24-29-36(41)28-23-6-4-2/h17-18,20-21,24-25,29-30,36-38,41-42H,3-16,19,22-23,26-28,31-35H2,1-2H3,(H2,45,46,47)/b20-17-,21-18-,29-24+,30-25+/t36-,37-,38+/m0/s1. The molecule has 0 aromatic heterocycles. The molecule has 0 fully saturated rings. The SMILES string of the molecule is CCCCCCCCCCCCCCCCC(=O)O[C@H](COC(=O)CCC[C@@H](O)/C=C/C=C\C/C=C\C=C\[C@@H](O)CCCCC)COP(=O)(O)O. The summed E-state index contributed by atoms with van der Waals surface area (Å²) in [6, 6.07) is 0. The van der Waals surface area contributed by atoms with Crippen LogP contribution >= 0.6 is 7.82 Å². The minimum atomic E-state index is -4.81. The van der Waals surface area contributed by atoms with E-state index in [4.69, 9.17) is 19.3 Å². The molecule has 296 valence electrons. The van der Waals surface area contributed by atoms with Crippen molar-refractivity contribution in [1.29, 1.82) is 0 Å². The summed E-state index contributed by atoms with van der Waals surface area (Å²) in [6.45, 7) is 3.38. The van der Waals surface area contributed by atoms with Gasteiger partial charge < -0.3 is 29.5 Å². The van der Waals surface area contributed by atoms with Crippen LogP contribution in [0.5, 0.6) is 0 Å². The second kappa shape index (κ2) is 35.0. The van der Waals surface area contributed by atoms with Gasteiger partial charge in [-0.3, -0.25) is 14.1 Å². The van der Waals surface area contributed by atoms with E-state index in [0.717, 1.165) is 44.9 Å². The molecule has 0 spiro atoms. The summed E-state index contributed by atoms with van der Waals surface area (Å²) < 4.78 is 26.2. The first-order valence-corrected chi connectivity index (χ1v) is 21.2. The largest absolute Gasteiger partial charge is 0.469 e. The first kappa shape index (κ1) is 48.9. The summed E-state index contributed by atoms with van der Waals surface area (Å²) in [4.78, 5) is 42.7. The van der Waals surface area contributed by atoms with Crippen molar-refractivity contribution in [2.24, 2.45) is 0 Å². The smallest absolute Gasteiger partial charge is 0.462 e. The third-order valence-corrected chi connectivity index (χ3v) is 8.79. The van der Waals surface area contributed by atoms with Gasteiger partial charge in [-0.2, -0.15) is 0 Å². The normalized spacial score (nSPS) is 14.2. The number of phosphoric ester groups is 1. The fourth-order valence-electron chi connectivity index (χ4n) is 5.29. The van der Waals surface area contributed by atoms with E-state index in [1.165, 1.54) is 64.2 Å². The summed E-state index contributed by atoms with van der Waals surface area (Å²) in [7, 11) is -4.81. The highest BCUT2D eigenvalue weighted by Crippen LogP contribution is 2.36. The summed E-state index contributed by atoms with van der Waals surface area (Å²) in [5, 5.41) is 20.0. The predicted molar refractivity (Wildman–Crippen MR) is 205 cm³/mol. The molecule has 0 rings (SSSR count). The Bertz CT molecular complexity index is 1000. The van der Waals surface area contributed by atoms with Crippen LogP contribution in [0.15, 0.2) is 48.6 Å². The molecular weight excluding hydrogens is 671 g/mol. The number of phosphoric acid groups is 1. The average molecular weight is 743 g/mol. The highest BCUT2D eigenvalue weighted by atomic mass is 31.2. The Kier molecular flexibility index (Phi) is 33.6. The highest BCUT2D eigenvalue weighted by molar-refractivity contribution is 7.46. The number of ether oxygens (including phenoxy) is 2. The number of rotatable bonds is 35. The van der Waals surface area contributed by atoms with E-state index in [-0.39, 0.29) is 19.4 Å². The maximum Gasteiger partial charge on any atom is 0.469 e. The quantitative estimate of drug-likeness (QED) is 0.0213. The zero-order valence-electron chi connectivity index (χ0n) is 31.7. The van der Waals surface area contributed by atoms with Crippen molar-refractivity contribution in [3.05, 3.63) is 48.6 Å². The predicted octanol–water partition coefficient (Wildman–Crippen LogP) is 9.51. The molecule has 0 aromatic carbocycles. The topological polar surface area (TPSA) is 160 Å². The number of hydrogen-bond acceptors (Lipinski definition) is 8. The van der Waals surface area contributed by atoms with Crippen LogP contribution in [0.1, 0.15) is 162 Å². The minimum Gasteiger partial charge on any atom is -0.462 e. The summed E-state index contributed by atoms with van der Waals surface area (Å²) >= 11 is 0. The maximum absolute atomic E-state index is 12.4. The molecule has 0 aliphatic rings. The van der Waals surface area contributed by atoms with E-state index in [2.05, 4.69) is 18.4 Å². The first-order valence-electron chi connectivity index (χ1n) is 19.6. The summed E-state index contributed by atoms with van der Waals surface area (Å²) in [5.74, 6) is -1.11. The van der Waals surface area contributed by atoms with Crippen molar-refractivity contribution >= 4 is 19.8 Å². The van der Waals surface area contributed by atoms with Crippen LogP contribution in [-0.4, -0.2) is 63.5 Å². The van der Waals surface area contributed by atoms with E-state index in [0.29, 0.717) is 25.7 Å². The molecule has 4 N–H and O–H groups in total. The van der Waals surface area contributed by atoms with Crippen molar-refractivity contribution in [2.45, 2.75) is 180 Å². The minimum absolute atomic E-state index is 0.0193. The Balaban J connectivity index is 4.20. The van der Waals surface area contributed by atoms with E-state index in [1.54, 1.807) is 18.2 Å². The molecule has 3 atom stereocenters. The number of carbonyl (C=O) groups excluding carboxylic acids is 2. The first-order chi connectivity index (χ1) is 24.6. The lowest BCUT2D eigenvalue weighted by atomic mass is 10.0. The van der Waals surface area contributed by atoms with E-state index < -0.39 is 44.7 Å². The van der Waals surface area contributed by atoms with Crippen LogP contribution in [0.25, 0.3) is 0 Å². The lowest BCUT2D eigenvalue weighted by Gasteiger charge is -2.18. The molecule has 0 radical (unpaired) electrons. The van der Waals surface area contributed by atoms with Crippen molar-refractivity contribution < 1.29 is 48.2 Å². The molecule has 0 bridgehead atoms. The van der Waals surface area contributed by atoms with Crippen LogP contribution in [0.2, 0.25) is 0 Å². The van der Waals surface area contributed by atoms with Crippen LogP contribution in [0.4, 0.5) is 0 Å². The van der Waals surface area contributed by atoms with Gasteiger partial charge in [-0.15, -0.1) is 0 Å². The van der Waals surface area contributed by atoms with Crippen molar-refractivity contribution in [1.82, 2.24) is 0 Å². The molecule has 0 aromatic rings. The zero-order chi connectivity index (χ0) is 37.8. The van der Waals surface area contributed by atoms with Crippen LogP contribution in [0, 0.1) is 0 Å². The molecule has 0 saturated carbocycles. The van der Waals surface area contributed by atoms with Crippen molar-refractivity contribution in [3.63, 3.8) is 0 Å². The van der Waals surface area contributed by atoms with Gasteiger partial charge in [0, 0.05) is 12.8 Å². The summed E-state index contributed by atoms with van der Waals surface area (Å²) in [5.41, 5.74) is 0. The van der Waals surface area contributed by atoms with Gasteiger partial charge in [0.1, 0.15) is 6.61 Å². The number of unbranched alkanes of at least 4 members (excludes halogenated alkanes) is 15. The number of esters is 2. The number of allylic oxidation sites excluding steroid dienone is 6. The molecule has 10 nitrogen and oxygen atoms in total. The van der Waals surface area contributed by atoms with Gasteiger partial charge in [0.05, 0.1) is 18.8 Å². The number of aliphatic hydroxyl groups excluding tert-OH is 2. The van der Waals surface area contributed by atoms with Crippen LogP contribution in [-0.2, 0) is 28.2 Å². The molecule has 51 heavy (non-hydrogen) atoms. The summed E-state index contributed by atoms with van der Waals surface area (Å²) in [6.07, 6.45) is 34.7. The molecule has 0 amide bonds. The molecule has 0 unspecified atom stereocenters. The third kappa shape index (κ3) is 37.5. The Morgan fingerprint density at radius 2 is 1.04 bits per heavy atom. The lowest BCUT2D eigenvalue weighted by molar-refractivity contribution is -0.161. The van der Waals surface area contributed by atoms with E-state index in [9.17, 15) is 24.4 Å². The molecule has 0 aliphatic heterocycles. The van der Waals surface area contributed by atoms with Gasteiger partial charge in [-0.1, -0.05) is 165 Å². The van der Waals surface area contributed by atoms with E-state index in [1.807, 2.05) is 30.4 Å². The molecular formula is C40H71O10P. The number of aliphatic hydroxyl groups is 2. The van der Waals surface area contributed by atoms with Crippen LogP contribution < -0.4 is 0 Å². The fourth-order valence-corrected chi connectivity index (χ4v) is 5.65. The second-order valence-corrected chi connectivity index (χ2v) is 14.6. The van der Waals surface area contributed by atoms with Gasteiger partial charge >= 0.3 is 19.8 Å². The Morgan fingerprint density at radius 3 is 1.55 bits per heavy atom. The van der Waals surface area contributed by atoms with Gasteiger partial charge in [-0.25, -0.2) is 4.57 Å². The third-order valence-electron chi connectivity index (χ3n) is 8.31.